The lowest BCUT2D eigenvalue weighted by Gasteiger charge is -2.10. The van der Waals surface area contributed by atoms with Crippen LogP contribution >= 0.6 is 0 Å². The van der Waals surface area contributed by atoms with Crippen LogP contribution in [0, 0.1) is 0 Å². The zero-order chi connectivity index (χ0) is 8.27. The third-order valence-electron chi connectivity index (χ3n) is 1.80. The van der Waals surface area contributed by atoms with E-state index in [-0.39, 0.29) is 11.7 Å². The number of hydrogen-bond donors (Lipinski definition) is 0. The lowest BCUT2D eigenvalue weighted by Crippen LogP contribution is -2.23. The van der Waals surface area contributed by atoms with Crippen LogP contribution in [-0.4, -0.2) is 9.55 Å². The molecule has 0 saturated carbocycles. The van der Waals surface area contributed by atoms with Crippen LogP contribution in [0.4, 0.5) is 0 Å². The Morgan fingerprint density at radius 2 is 2.45 bits per heavy atom. The lowest BCUT2D eigenvalue weighted by atomic mass is 10.2. The summed E-state index contributed by atoms with van der Waals surface area (Å²) in [6, 6.07) is 2.02. The highest BCUT2D eigenvalue weighted by atomic mass is 16.1. The van der Waals surface area contributed by atoms with Crippen molar-refractivity contribution in [3.8, 4) is 0 Å². The molecule has 3 nitrogen and oxygen atoms in total. The molecule has 1 aromatic heterocycles. The monoisotopic (exact) mass is 152 g/mol. The van der Waals surface area contributed by atoms with Crippen molar-refractivity contribution in [1.82, 2.24) is 9.55 Å². The van der Waals surface area contributed by atoms with Crippen LogP contribution < -0.4 is 5.69 Å². The van der Waals surface area contributed by atoms with E-state index in [1.807, 2.05) is 13.8 Å². The van der Waals surface area contributed by atoms with E-state index in [9.17, 15) is 4.79 Å². The Morgan fingerprint density at radius 1 is 1.73 bits per heavy atom. The van der Waals surface area contributed by atoms with Gasteiger partial charge in [-0.1, -0.05) is 6.92 Å². The van der Waals surface area contributed by atoms with E-state index in [2.05, 4.69) is 4.98 Å². The maximum absolute atomic E-state index is 11.1. The minimum Gasteiger partial charge on any atom is -0.296 e. The Morgan fingerprint density at radius 3 is 3.00 bits per heavy atom. The summed E-state index contributed by atoms with van der Waals surface area (Å²) in [6.45, 7) is 4.05. The van der Waals surface area contributed by atoms with Crippen molar-refractivity contribution in [3.63, 3.8) is 0 Å². The minimum absolute atomic E-state index is 0.165. The molecular formula is C8H12N2O. The van der Waals surface area contributed by atoms with Gasteiger partial charge in [0.25, 0.3) is 0 Å². The minimum atomic E-state index is -0.165. The first-order chi connectivity index (χ1) is 5.25. The van der Waals surface area contributed by atoms with Crippen LogP contribution in [0.25, 0.3) is 0 Å². The fourth-order valence-electron chi connectivity index (χ4n) is 0.901. The van der Waals surface area contributed by atoms with Gasteiger partial charge >= 0.3 is 5.69 Å². The molecule has 3 heteroatoms. The van der Waals surface area contributed by atoms with Crippen molar-refractivity contribution in [1.29, 1.82) is 0 Å². The average molecular weight is 152 g/mol. The first kappa shape index (κ1) is 7.98. The van der Waals surface area contributed by atoms with Gasteiger partial charge < -0.3 is 0 Å². The fraction of sp³-hybridized carbons (Fsp3) is 0.500. The van der Waals surface area contributed by atoms with E-state index in [0.717, 1.165) is 6.42 Å². The lowest BCUT2D eigenvalue weighted by molar-refractivity contribution is 0.504. The Labute approximate surface area is 65.7 Å². The number of hydrogen-bond acceptors (Lipinski definition) is 2. The Bertz CT molecular complexity index is 279. The molecular weight excluding hydrogens is 140 g/mol. The van der Waals surface area contributed by atoms with E-state index < -0.39 is 0 Å². The summed E-state index contributed by atoms with van der Waals surface area (Å²) in [7, 11) is 0. The van der Waals surface area contributed by atoms with Crippen LogP contribution in [-0.2, 0) is 0 Å². The summed E-state index contributed by atoms with van der Waals surface area (Å²) in [5.74, 6) is 0. The van der Waals surface area contributed by atoms with Crippen molar-refractivity contribution in [3.05, 3.63) is 28.9 Å². The summed E-state index contributed by atoms with van der Waals surface area (Å²) in [4.78, 5) is 14.7. The maximum Gasteiger partial charge on any atom is 0.347 e. The molecule has 0 bridgehead atoms. The highest BCUT2D eigenvalue weighted by Crippen LogP contribution is 2.04. The van der Waals surface area contributed by atoms with Gasteiger partial charge in [-0.3, -0.25) is 4.57 Å². The molecule has 0 aromatic carbocycles. The first-order valence-corrected chi connectivity index (χ1v) is 3.79. The van der Waals surface area contributed by atoms with Crippen LogP contribution in [0.1, 0.15) is 26.3 Å². The highest BCUT2D eigenvalue weighted by molar-refractivity contribution is 4.83. The number of aromatic nitrogens is 2. The van der Waals surface area contributed by atoms with Crippen molar-refractivity contribution >= 4 is 0 Å². The molecule has 1 rings (SSSR count). The molecule has 0 radical (unpaired) electrons. The third-order valence-corrected chi connectivity index (χ3v) is 1.80. The predicted molar refractivity (Wildman–Crippen MR) is 43.5 cm³/mol. The van der Waals surface area contributed by atoms with E-state index in [0.29, 0.717) is 0 Å². The summed E-state index contributed by atoms with van der Waals surface area (Å²) < 4.78 is 1.64. The van der Waals surface area contributed by atoms with E-state index in [1.54, 1.807) is 16.8 Å². The molecule has 1 atom stereocenters. The van der Waals surface area contributed by atoms with Gasteiger partial charge in [-0.25, -0.2) is 9.78 Å². The van der Waals surface area contributed by atoms with E-state index in [4.69, 9.17) is 0 Å². The van der Waals surface area contributed by atoms with Crippen molar-refractivity contribution in [2.45, 2.75) is 26.3 Å². The standard InChI is InChI=1S/C8H12N2O/c1-3-7(2)10-6-4-5-9-8(10)11/h4-7H,3H2,1-2H3. The molecule has 0 aliphatic carbocycles. The van der Waals surface area contributed by atoms with E-state index in [1.165, 1.54) is 6.20 Å². The van der Waals surface area contributed by atoms with Gasteiger partial charge in [0, 0.05) is 18.4 Å². The second-order valence-corrected chi connectivity index (χ2v) is 2.57. The SMILES string of the molecule is CCC(C)n1cccnc1=O. The maximum atomic E-state index is 11.1. The number of nitrogens with zero attached hydrogens (tertiary/aromatic N) is 2. The Hall–Kier alpha value is -1.12. The van der Waals surface area contributed by atoms with Crippen LogP contribution in [0.2, 0.25) is 0 Å². The summed E-state index contributed by atoms with van der Waals surface area (Å²) in [6.07, 6.45) is 4.23. The van der Waals surface area contributed by atoms with Crippen molar-refractivity contribution < 1.29 is 0 Å². The number of rotatable bonds is 2. The molecule has 0 aliphatic heterocycles. The highest BCUT2D eigenvalue weighted by Gasteiger charge is 2.01. The first-order valence-electron chi connectivity index (χ1n) is 3.79. The predicted octanol–water partition coefficient (Wildman–Crippen LogP) is 1.21. The summed E-state index contributed by atoms with van der Waals surface area (Å²) >= 11 is 0. The van der Waals surface area contributed by atoms with Gasteiger partial charge in [0.1, 0.15) is 0 Å². The second kappa shape index (κ2) is 3.32. The van der Waals surface area contributed by atoms with Gasteiger partial charge in [-0.15, -0.1) is 0 Å². The average Bonchev–Trinajstić information content (AvgIpc) is 2.04. The Balaban J connectivity index is 3.03. The van der Waals surface area contributed by atoms with Crippen LogP contribution in [0.3, 0.4) is 0 Å². The molecule has 0 spiro atoms. The molecule has 0 amide bonds. The largest absolute Gasteiger partial charge is 0.347 e. The van der Waals surface area contributed by atoms with Crippen molar-refractivity contribution in [2.75, 3.05) is 0 Å². The molecule has 1 unspecified atom stereocenters. The third kappa shape index (κ3) is 1.67. The molecule has 0 N–H and O–H groups in total. The fourth-order valence-corrected chi connectivity index (χ4v) is 0.901. The van der Waals surface area contributed by atoms with Gasteiger partial charge in [-0.05, 0) is 19.4 Å². The molecule has 1 aromatic rings. The van der Waals surface area contributed by atoms with E-state index >= 15 is 0 Å². The molecule has 1 heterocycles. The second-order valence-electron chi connectivity index (χ2n) is 2.57. The summed E-state index contributed by atoms with van der Waals surface area (Å²) in [5.41, 5.74) is -0.165. The smallest absolute Gasteiger partial charge is 0.296 e. The quantitative estimate of drug-likeness (QED) is 0.638. The topological polar surface area (TPSA) is 34.9 Å². The normalized spacial score (nSPS) is 12.9. The molecule has 11 heavy (non-hydrogen) atoms. The van der Waals surface area contributed by atoms with Crippen LogP contribution in [0.5, 0.6) is 0 Å². The summed E-state index contributed by atoms with van der Waals surface area (Å²) in [5, 5.41) is 0. The van der Waals surface area contributed by atoms with Gasteiger partial charge in [0.05, 0.1) is 0 Å². The molecule has 60 valence electrons. The van der Waals surface area contributed by atoms with Crippen molar-refractivity contribution in [2.24, 2.45) is 0 Å². The van der Waals surface area contributed by atoms with Crippen LogP contribution in [0.15, 0.2) is 23.3 Å². The zero-order valence-electron chi connectivity index (χ0n) is 6.82. The van der Waals surface area contributed by atoms with Gasteiger partial charge in [0.15, 0.2) is 0 Å². The Kier molecular flexibility index (Phi) is 2.41. The molecule has 0 fully saturated rings. The van der Waals surface area contributed by atoms with Gasteiger partial charge in [-0.2, -0.15) is 0 Å². The molecule has 0 aliphatic rings. The zero-order valence-corrected chi connectivity index (χ0v) is 6.82. The van der Waals surface area contributed by atoms with Gasteiger partial charge in [0.2, 0.25) is 0 Å². The molecule has 0 saturated heterocycles.